The summed E-state index contributed by atoms with van der Waals surface area (Å²) in [6.07, 6.45) is 4.24. The van der Waals surface area contributed by atoms with Crippen LogP contribution in [-0.2, 0) is 12.8 Å². The van der Waals surface area contributed by atoms with E-state index in [4.69, 9.17) is 4.98 Å². The lowest BCUT2D eigenvalue weighted by Gasteiger charge is -2.14. The predicted molar refractivity (Wildman–Crippen MR) is 85.8 cm³/mol. The van der Waals surface area contributed by atoms with E-state index < -0.39 is 6.10 Å². The lowest BCUT2D eigenvalue weighted by Crippen LogP contribution is -2.07. The summed E-state index contributed by atoms with van der Waals surface area (Å²) in [5.41, 5.74) is 4.31. The minimum absolute atomic E-state index is 0.518. The number of rotatable bonds is 2. The highest BCUT2D eigenvalue weighted by Crippen LogP contribution is 2.37. The summed E-state index contributed by atoms with van der Waals surface area (Å²) in [6.45, 7) is 1.84. The minimum Gasteiger partial charge on any atom is -0.387 e. The summed E-state index contributed by atoms with van der Waals surface area (Å²) in [5.74, 6) is 0. The van der Waals surface area contributed by atoms with Crippen LogP contribution in [0.15, 0.2) is 30.3 Å². The van der Waals surface area contributed by atoms with Crippen LogP contribution in [0, 0.1) is 0 Å². The largest absolute Gasteiger partial charge is 0.387 e. The molecule has 0 bridgehead atoms. The molecule has 0 aliphatic heterocycles. The molecule has 4 rings (SSSR count). The number of aliphatic hydroxyl groups is 1. The highest BCUT2D eigenvalue weighted by atomic mass is 32.1. The van der Waals surface area contributed by atoms with Crippen LogP contribution in [0.5, 0.6) is 0 Å². The molecule has 1 unspecified atom stereocenters. The molecule has 4 heteroatoms. The average molecular weight is 298 g/mol. The summed E-state index contributed by atoms with van der Waals surface area (Å²) < 4.78 is 2.21. The number of thiazole rings is 1. The molecule has 0 saturated carbocycles. The predicted octanol–water partition coefficient (Wildman–Crippen LogP) is 3.99. The van der Waals surface area contributed by atoms with E-state index in [1.807, 2.05) is 25.1 Å². The Morgan fingerprint density at radius 3 is 2.71 bits per heavy atom. The second-order valence-corrected chi connectivity index (χ2v) is 6.75. The van der Waals surface area contributed by atoms with E-state index in [1.165, 1.54) is 23.4 Å². The molecule has 0 radical (unpaired) electrons. The van der Waals surface area contributed by atoms with Crippen molar-refractivity contribution >= 4 is 16.3 Å². The number of imidazole rings is 1. The molecule has 0 saturated heterocycles. The van der Waals surface area contributed by atoms with Crippen molar-refractivity contribution in [3.05, 3.63) is 46.6 Å². The van der Waals surface area contributed by atoms with Crippen molar-refractivity contribution in [2.75, 3.05) is 0 Å². The molecule has 3 aromatic rings. The minimum atomic E-state index is -0.518. The van der Waals surface area contributed by atoms with Gasteiger partial charge in [0.1, 0.15) is 0 Å². The first kappa shape index (κ1) is 13.0. The van der Waals surface area contributed by atoms with Gasteiger partial charge in [-0.2, -0.15) is 0 Å². The Kier molecular flexibility index (Phi) is 3.08. The molecule has 1 aliphatic rings. The number of fused-ring (bicyclic) bond motifs is 3. The number of benzene rings is 1. The number of nitrogens with zero attached hydrogens (tertiary/aromatic N) is 2. The highest BCUT2D eigenvalue weighted by molar-refractivity contribution is 7.17. The van der Waals surface area contributed by atoms with Gasteiger partial charge >= 0.3 is 0 Å². The quantitative estimate of drug-likeness (QED) is 0.776. The normalized spacial score (nSPS) is 16.1. The third kappa shape index (κ3) is 2.01. The number of aliphatic hydroxyl groups excluding tert-OH is 1. The first-order valence-electron chi connectivity index (χ1n) is 7.52. The second kappa shape index (κ2) is 4.97. The molecule has 1 aliphatic carbocycles. The maximum absolute atomic E-state index is 10.3. The van der Waals surface area contributed by atoms with Gasteiger partial charge in [-0.05, 0) is 32.6 Å². The van der Waals surface area contributed by atoms with Gasteiger partial charge in [0.15, 0.2) is 4.96 Å². The van der Waals surface area contributed by atoms with Gasteiger partial charge in [-0.3, -0.25) is 4.40 Å². The van der Waals surface area contributed by atoms with E-state index in [1.54, 1.807) is 11.3 Å². The van der Waals surface area contributed by atoms with Crippen molar-refractivity contribution in [2.24, 2.45) is 0 Å². The summed E-state index contributed by atoms with van der Waals surface area (Å²) in [7, 11) is 0. The average Bonchev–Trinajstić information content (AvgIpc) is 3.03. The molecule has 0 spiro atoms. The van der Waals surface area contributed by atoms with E-state index in [0.717, 1.165) is 34.8 Å². The molecule has 1 N–H and O–H groups in total. The van der Waals surface area contributed by atoms with E-state index in [2.05, 4.69) is 16.5 Å². The zero-order chi connectivity index (χ0) is 14.4. The van der Waals surface area contributed by atoms with Crippen LogP contribution in [0.3, 0.4) is 0 Å². The molecule has 2 aromatic heterocycles. The number of aromatic nitrogens is 2. The zero-order valence-corrected chi connectivity index (χ0v) is 12.9. The maximum Gasteiger partial charge on any atom is 0.195 e. The van der Waals surface area contributed by atoms with Crippen molar-refractivity contribution in [2.45, 2.75) is 38.7 Å². The monoisotopic (exact) mass is 298 g/mol. The first-order chi connectivity index (χ1) is 10.3. The van der Waals surface area contributed by atoms with Crippen molar-refractivity contribution in [1.29, 1.82) is 0 Å². The molecular weight excluding hydrogens is 280 g/mol. The fourth-order valence-corrected chi connectivity index (χ4v) is 4.47. The topological polar surface area (TPSA) is 37.5 Å². The fourth-order valence-electron chi connectivity index (χ4n) is 3.25. The third-order valence-electron chi connectivity index (χ3n) is 4.20. The van der Waals surface area contributed by atoms with Crippen LogP contribution in [0.2, 0.25) is 0 Å². The Hall–Kier alpha value is -1.65. The van der Waals surface area contributed by atoms with E-state index >= 15 is 0 Å². The Morgan fingerprint density at radius 2 is 1.95 bits per heavy atom. The van der Waals surface area contributed by atoms with E-state index in [-0.39, 0.29) is 0 Å². The van der Waals surface area contributed by atoms with Crippen LogP contribution >= 0.6 is 11.3 Å². The Bertz CT molecular complexity index is 786. The van der Waals surface area contributed by atoms with Crippen molar-refractivity contribution in [3.63, 3.8) is 0 Å². The first-order valence-corrected chi connectivity index (χ1v) is 8.33. The Balaban J connectivity index is 2.00. The number of hydrogen-bond acceptors (Lipinski definition) is 3. The van der Waals surface area contributed by atoms with Crippen LogP contribution in [0.1, 0.15) is 42.1 Å². The summed E-state index contributed by atoms with van der Waals surface area (Å²) in [4.78, 5) is 7.30. The van der Waals surface area contributed by atoms with Gasteiger partial charge in [0.25, 0.3) is 0 Å². The lowest BCUT2D eigenvalue weighted by atomic mass is 10.0. The molecule has 108 valence electrons. The molecule has 3 nitrogen and oxygen atoms in total. The second-order valence-electron chi connectivity index (χ2n) is 5.68. The van der Waals surface area contributed by atoms with E-state index in [0.29, 0.717) is 0 Å². The molecule has 21 heavy (non-hydrogen) atoms. The highest BCUT2D eigenvalue weighted by Gasteiger charge is 2.25. The van der Waals surface area contributed by atoms with Crippen LogP contribution in [-0.4, -0.2) is 14.5 Å². The van der Waals surface area contributed by atoms with Gasteiger partial charge in [-0.15, -0.1) is 11.3 Å². The Morgan fingerprint density at radius 1 is 1.19 bits per heavy atom. The molecule has 1 aromatic carbocycles. The number of hydrogen-bond donors (Lipinski definition) is 1. The van der Waals surface area contributed by atoms with Gasteiger partial charge in [0, 0.05) is 16.1 Å². The molecule has 2 heterocycles. The maximum atomic E-state index is 10.3. The molecular formula is C17H18N2OS. The number of aryl methyl sites for hydroxylation is 2. The van der Waals surface area contributed by atoms with Crippen LogP contribution in [0.25, 0.3) is 16.2 Å². The van der Waals surface area contributed by atoms with Crippen molar-refractivity contribution in [1.82, 2.24) is 9.38 Å². The van der Waals surface area contributed by atoms with Gasteiger partial charge in [-0.25, -0.2) is 4.98 Å². The summed E-state index contributed by atoms with van der Waals surface area (Å²) >= 11 is 1.79. The summed E-state index contributed by atoms with van der Waals surface area (Å²) in [5, 5.41) is 10.3. The fraction of sp³-hybridized carbons (Fsp3) is 0.353. The smallest absolute Gasteiger partial charge is 0.195 e. The SMILES string of the molecule is CC(O)c1c(-c2ccccc2)nc2sc3c(n12)CCCC3. The zero-order valence-electron chi connectivity index (χ0n) is 12.0. The van der Waals surface area contributed by atoms with Gasteiger partial charge in [0.2, 0.25) is 0 Å². The van der Waals surface area contributed by atoms with Crippen LogP contribution < -0.4 is 0 Å². The Labute approximate surface area is 127 Å². The third-order valence-corrected chi connectivity index (χ3v) is 5.34. The van der Waals surface area contributed by atoms with Gasteiger partial charge in [-0.1, -0.05) is 30.3 Å². The lowest BCUT2D eigenvalue weighted by molar-refractivity contribution is 0.193. The van der Waals surface area contributed by atoms with Crippen molar-refractivity contribution < 1.29 is 5.11 Å². The van der Waals surface area contributed by atoms with Crippen molar-refractivity contribution in [3.8, 4) is 11.3 Å². The molecule has 0 amide bonds. The van der Waals surface area contributed by atoms with Crippen LogP contribution in [0.4, 0.5) is 0 Å². The summed E-state index contributed by atoms with van der Waals surface area (Å²) in [6, 6.07) is 10.2. The van der Waals surface area contributed by atoms with E-state index in [9.17, 15) is 5.11 Å². The molecule has 1 atom stereocenters. The molecule has 0 fully saturated rings. The van der Waals surface area contributed by atoms with Gasteiger partial charge < -0.3 is 5.11 Å². The standard InChI is InChI=1S/C17H18N2OS/c1-11(20)16-15(12-7-3-2-4-8-12)18-17-19(16)13-9-5-6-10-14(13)21-17/h2-4,7-8,11,20H,5-6,9-10H2,1H3. The van der Waals surface area contributed by atoms with Gasteiger partial charge in [0.05, 0.1) is 17.5 Å².